The quantitative estimate of drug-likeness (QED) is 0.646. The van der Waals surface area contributed by atoms with Gasteiger partial charge in [0.1, 0.15) is 0 Å². The van der Waals surface area contributed by atoms with Crippen LogP contribution >= 0.6 is 11.8 Å². The average molecular weight is 322 g/mol. The number of hydrogen-bond donors (Lipinski definition) is 1. The summed E-state index contributed by atoms with van der Waals surface area (Å²) in [6.07, 6.45) is 4.23. The second kappa shape index (κ2) is 5.85. The van der Waals surface area contributed by atoms with Gasteiger partial charge in [-0.25, -0.2) is 0 Å². The lowest BCUT2D eigenvalue weighted by Gasteiger charge is -2.24. The first-order valence-electron chi connectivity index (χ1n) is 7.97. The van der Waals surface area contributed by atoms with Gasteiger partial charge in [-0.3, -0.25) is 5.73 Å². The lowest BCUT2D eigenvalue weighted by atomic mass is 9.77. The third-order valence-corrected chi connectivity index (χ3v) is 5.41. The van der Waals surface area contributed by atoms with E-state index in [4.69, 9.17) is 10.8 Å². The second-order valence-electron chi connectivity index (χ2n) is 6.03. The van der Waals surface area contributed by atoms with Crippen LogP contribution in [-0.2, 0) is 6.42 Å². The van der Waals surface area contributed by atoms with E-state index in [1.165, 1.54) is 22.4 Å². The lowest BCUT2D eigenvalue weighted by molar-refractivity contribution is -0.571. The number of nitrogens with two attached hydrogens (primary N) is 1. The maximum Gasteiger partial charge on any atom is 0.329 e. The van der Waals surface area contributed by atoms with Crippen LogP contribution in [-0.4, -0.2) is 21.8 Å². The molecule has 0 saturated carbocycles. The van der Waals surface area contributed by atoms with Gasteiger partial charge >= 0.3 is 5.17 Å². The summed E-state index contributed by atoms with van der Waals surface area (Å²) in [4.78, 5) is 0. The summed E-state index contributed by atoms with van der Waals surface area (Å²) in [5, 5.41) is 5.71. The van der Waals surface area contributed by atoms with Crippen molar-refractivity contribution in [3.8, 4) is 0 Å². The van der Waals surface area contributed by atoms with Gasteiger partial charge in [-0.15, -0.1) is 4.68 Å². The molecule has 0 bridgehead atoms. The standard InChI is InChI=1S/C19H19N3S/c1-23-19(20)22-18(14-8-3-2-4-9-14)16-12-11-13-7-5-6-10-15(13)17(16)21-22/h2-10,16,18,20H,11-12H2,1H3/p+1/t16-,18-/m1/s1. The number of nitrogens with zero attached hydrogens (tertiary/aromatic N) is 2. The fraction of sp³-hybridized carbons (Fsp3) is 0.263. The Labute approximate surface area is 140 Å². The summed E-state index contributed by atoms with van der Waals surface area (Å²) in [6, 6.07) is 19.4. The van der Waals surface area contributed by atoms with Crippen LogP contribution in [0.15, 0.2) is 59.7 Å². The highest BCUT2D eigenvalue weighted by Crippen LogP contribution is 2.41. The van der Waals surface area contributed by atoms with Gasteiger partial charge in [0.2, 0.25) is 0 Å². The predicted octanol–water partition coefficient (Wildman–Crippen LogP) is 3.40. The van der Waals surface area contributed by atoms with Crippen LogP contribution < -0.4 is 5.73 Å². The molecule has 3 nitrogen and oxygen atoms in total. The minimum Gasteiger partial charge on any atom is -0.280 e. The Bertz CT molecular complexity index is 795. The van der Waals surface area contributed by atoms with Crippen LogP contribution in [0.5, 0.6) is 0 Å². The average Bonchev–Trinajstić information content (AvgIpc) is 3.01. The molecule has 0 aromatic heterocycles. The smallest absolute Gasteiger partial charge is 0.280 e. The van der Waals surface area contributed by atoms with E-state index in [2.05, 4.69) is 54.6 Å². The van der Waals surface area contributed by atoms with Gasteiger partial charge in [0.05, 0.1) is 11.6 Å². The van der Waals surface area contributed by atoms with Gasteiger partial charge in [0.15, 0.2) is 6.04 Å². The third-order valence-electron chi connectivity index (χ3n) is 4.81. The number of hydrogen-bond acceptors (Lipinski definition) is 2. The normalized spacial score (nSPS) is 24.7. The maximum absolute atomic E-state index is 6.28. The largest absolute Gasteiger partial charge is 0.329 e. The van der Waals surface area contributed by atoms with Gasteiger partial charge in [0.25, 0.3) is 0 Å². The van der Waals surface area contributed by atoms with Crippen LogP contribution in [0.2, 0.25) is 0 Å². The zero-order valence-electron chi connectivity index (χ0n) is 13.1. The minimum absolute atomic E-state index is 0.201. The van der Waals surface area contributed by atoms with Crippen molar-refractivity contribution < 1.29 is 4.68 Å². The number of rotatable bonds is 1. The second-order valence-corrected chi connectivity index (χ2v) is 6.86. The fourth-order valence-electron chi connectivity index (χ4n) is 3.72. The highest BCUT2D eigenvalue weighted by molar-refractivity contribution is 8.12. The zero-order valence-corrected chi connectivity index (χ0v) is 14.0. The molecular formula is C19H20N3S+. The summed E-state index contributed by atoms with van der Waals surface area (Å²) < 4.78 is 2.03. The first-order chi connectivity index (χ1) is 11.3. The number of aryl methyl sites for hydroxylation is 1. The van der Waals surface area contributed by atoms with Crippen LogP contribution in [0.1, 0.15) is 29.2 Å². The Kier molecular flexibility index (Phi) is 3.69. The molecule has 0 amide bonds. The molecule has 23 heavy (non-hydrogen) atoms. The van der Waals surface area contributed by atoms with E-state index in [0.29, 0.717) is 5.92 Å². The Morgan fingerprint density at radius 3 is 2.65 bits per heavy atom. The first-order valence-corrected chi connectivity index (χ1v) is 9.19. The van der Waals surface area contributed by atoms with Gasteiger partial charge in [-0.05, 0) is 42.0 Å². The van der Waals surface area contributed by atoms with E-state index in [-0.39, 0.29) is 6.04 Å². The van der Waals surface area contributed by atoms with E-state index in [1.807, 2.05) is 10.9 Å². The van der Waals surface area contributed by atoms with E-state index in [9.17, 15) is 0 Å². The molecule has 0 saturated heterocycles. The van der Waals surface area contributed by atoms with Crippen molar-refractivity contribution in [2.75, 3.05) is 6.26 Å². The van der Waals surface area contributed by atoms with Gasteiger partial charge in [0, 0.05) is 5.56 Å². The molecule has 2 atom stereocenters. The monoisotopic (exact) mass is 322 g/mol. The summed E-state index contributed by atoms with van der Waals surface area (Å²) in [5.41, 5.74) is 11.5. The molecule has 2 aromatic carbocycles. The van der Waals surface area contributed by atoms with E-state index < -0.39 is 0 Å². The molecule has 0 radical (unpaired) electrons. The number of thioether (sulfide) groups is 1. The molecule has 4 heteroatoms. The first kappa shape index (κ1) is 14.5. The van der Waals surface area contributed by atoms with Crippen LogP contribution in [0, 0.1) is 5.92 Å². The van der Waals surface area contributed by atoms with Crippen molar-refractivity contribution in [1.82, 2.24) is 0 Å². The summed E-state index contributed by atoms with van der Waals surface area (Å²) in [6.45, 7) is 0. The summed E-state index contributed by atoms with van der Waals surface area (Å²) in [7, 11) is 0. The van der Waals surface area contributed by atoms with E-state index in [1.54, 1.807) is 11.8 Å². The molecule has 1 aliphatic heterocycles. The molecule has 1 heterocycles. The van der Waals surface area contributed by atoms with Crippen molar-refractivity contribution in [3.05, 3.63) is 71.3 Å². The maximum atomic E-state index is 6.28. The molecule has 0 spiro atoms. The molecule has 4 rings (SSSR count). The molecule has 116 valence electrons. The van der Waals surface area contributed by atoms with E-state index in [0.717, 1.165) is 18.0 Å². The van der Waals surface area contributed by atoms with Gasteiger partial charge in [-0.2, -0.15) is 0 Å². The Hall–Kier alpha value is -2.07. The zero-order chi connectivity index (χ0) is 15.8. The molecule has 2 aromatic rings. The fourth-order valence-corrected chi connectivity index (χ4v) is 4.06. The summed E-state index contributed by atoms with van der Waals surface area (Å²) >= 11 is 1.56. The highest BCUT2D eigenvalue weighted by atomic mass is 32.2. The van der Waals surface area contributed by atoms with Gasteiger partial charge in [-0.1, -0.05) is 59.7 Å². The number of amidine groups is 1. The van der Waals surface area contributed by atoms with Gasteiger partial charge < -0.3 is 0 Å². The summed E-state index contributed by atoms with van der Waals surface area (Å²) in [5.74, 6) is 0.401. The number of hydrazone groups is 1. The topological polar surface area (TPSA) is 41.4 Å². The SMILES string of the molecule is CS/C(N)=[N+]1/N=C2c3ccccc3CC[C@H]2[C@H]1c1ccccc1. The lowest BCUT2D eigenvalue weighted by Crippen LogP contribution is -2.29. The molecule has 2 aliphatic rings. The Morgan fingerprint density at radius 1 is 1.13 bits per heavy atom. The van der Waals surface area contributed by atoms with Crippen LogP contribution in [0.4, 0.5) is 0 Å². The molecule has 2 N–H and O–H groups in total. The van der Waals surface area contributed by atoms with Crippen molar-refractivity contribution in [3.63, 3.8) is 0 Å². The predicted molar refractivity (Wildman–Crippen MR) is 96.9 cm³/mol. The Balaban J connectivity index is 1.87. The van der Waals surface area contributed by atoms with Crippen molar-refractivity contribution >= 4 is 22.6 Å². The number of benzene rings is 2. The van der Waals surface area contributed by atoms with E-state index >= 15 is 0 Å². The minimum atomic E-state index is 0.201. The van der Waals surface area contributed by atoms with Crippen LogP contribution in [0.3, 0.4) is 0 Å². The highest BCUT2D eigenvalue weighted by Gasteiger charge is 2.44. The van der Waals surface area contributed by atoms with Crippen molar-refractivity contribution in [1.29, 1.82) is 0 Å². The third kappa shape index (κ3) is 2.38. The number of fused-ring (bicyclic) bond motifs is 3. The molecule has 0 fully saturated rings. The molecule has 0 unspecified atom stereocenters. The Morgan fingerprint density at radius 2 is 1.87 bits per heavy atom. The van der Waals surface area contributed by atoms with Crippen molar-refractivity contribution in [2.45, 2.75) is 18.9 Å². The molecule has 1 aliphatic carbocycles. The van der Waals surface area contributed by atoms with Crippen molar-refractivity contribution in [2.24, 2.45) is 16.8 Å². The van der Waals surface area contributed by atoms with Crippen LogP contribution in [0.25, 0.3) is 0 Å². The molecular weight excluding hydrogens is 302 g/mol.